The Morgan fingerprint density at radius 3 is 2.02 bits per heavy atom. The molecule has 1 heterocycles. The molecule has 0 bridgehead atoms. The summed E-state index contributed by atoms with van der Waals surface area (Å²) >= 11 is 0. The number of hydrogen-bond donors (Lipinski definition) is 0. The molecule has 2 aliphatic rings. The Morgan fingerprint density at radius 1 is 0.592 bits per heavy atom. The van der Waals surface area contributed by atoms with Crippen LogP contribution in [0.1, 0.15) is 52.0 Å². The summed E-state index contributed by atoms with van der Waals surface area (Å²) in [4.78, 5) is 2.69. The van der Waals surface area contributed by atoms with Gasteiger partial charge in [0.1, 0.15) is 0 Å². The van der Waals surface area contributed by atoms with Crippen molar-refractivity contribution >= 4 is 54.5 Å². The van der Waals surface area contributed by atoms with Crippen molar-refractivity contribution in [3.05, 3.63) is 145 Å². The first-order chi connectivity index (χ1) is 24.0. The molecule has 0 saturated heterocycles. The van der Waals surface area contributed by atoms with Crippen molar-refractivity contribution in [3.63, 3.8) is 0 Å². The summed E-state index contributed by atoms with van der Waals surface area (Å²) < 4.78 is 0. The van der Waals surface area contributed by atoms with Crippen LogP contribution in [0.3, 0.4) is 0 Å². The quantitative estimate of drug-likeness (QED) is 0.175. The molecule has 1 fully saturated rings. The van der Waals surface area contributed by atoms with E-state index in [1.165, 1.54) is 108 Å². The third-order valence-corrected chi connectivity index (χ3v) is 12.9. The summed E-state index contributed by atoms with van der Waals surface area (Å²) in [7, 11) is 0. The Labute approximate surface area is 289 Å². The SMILES string of the molecule is CCC1CCC2(C)N(c3ccccc3)c3ccc(-c4ccc5ccc6c(-c7cccc8ccccc78)ccc7ccc4c5c76)cc3C2(C)C1. The number of hydrogen-bond acceptors (Lipinski definition) is 1. The van der Waals surface area contributed by atoms with Crippen molar-refractivity contribution in [2.45, 2.75) is 57.4 Å². The van der Waals surface area contributed by atoms with Gasteiger partial charge in [0.15, 0.2) is 0 Å². The van der Waals surface area contributed by atoms with Gasteiger partial charge in [-0.25, -0.2) is 0 Å². The molecule has 3 atom stereocenters. The Morgan fingerprint density at radius 2 is 1.24 bits per heavy atom. The van der Waals surface area contributed by atoms with Gasteiger partial charge in [0, 0.05) is 16.8 Å². The molecular formula is C48H41N. The Kier molecular flexibility index (Phi) is 6.14. The highest BCUT2D eigenvalue weighted by molar-refractivity contribution is 6.28. The Hall–Kier alpha value is -5.14. The fourth-order valence-electron chi connectivity index (χ4n) is 10.1. The van der Waals surface area contributed by atoms with Gasteiger partial charge in [0.2, 0.25) is 0 Å². The van der Waals surface area contributed by atoms with E-state index in [1.54, 1.807) is 0 Å². The van der Waals surface area contributed by atoms with Crippen LogP contribution in [0.5, 0.6) is 0 Å². The van der Waals surface area contributed by atoms with E-state index in [2.05, 4.69) is 165 Å². The van der Waals surface area contributed by atoms with Crippen LogP contribution in [0.15, 0.2) is 140 Å². The molecule has 0 amide bonds. The van der Waals surface area contributed by atoms with Crippen molar-refractivity contribution in [1.29, 1.82) is 0 Å². The molecule has 1 saturated carbocycles. The van der Waals surface area contributed by atoms with Crippen molar-refractivity contribution < 1.29 is 0 Å². The molecule has 0 radical (unpaired) electrons. The van der Waals surface area contributed by atoms with Crippen LogP contribution < -0.4 is 4.90 Å². The Balaban J connectivity index is 1.19. The first kappa shape index (κ1) is 28.8. The highest BCUT2D eigenvalue weighted by Gasteiger charge is 2.59. The zero-order valence-corrected chi connectivity index (χ0v) is 28.6. The summed E-state index contributed by atoms with van der Waals surface area (Å²) in [5, 5.41) is 10.6. The maximum absolute atomic E-state index is 2.69. The van der Waals surface area contributed by atoms with Gasteiger partial charge in [-0.2, -0.15) is 0 Å². The Bertz CT molecular complexity index is 2560. The van der Waals surface area contributed by atoms with Crippen LogP contribution in [-0.4, -0.2) is 5.54 Å². The molecule has 0 aromatic heterocycles. The number of benzene rings is 8. The number of rotatable bonds is 4. The predicted octanol–water partition coefficient (Wildman–Crippen LogP) is 13.4. The summed E-state index contributed by atoms with van der Waals surface area (Å²) in [5.74, 6) is 0.760. The van der Waals surface area contributed by atoms with Crippen LogP contribution in [0.4, 0.5) is 11.4 Å². The van der Waals surface area contributed by atoms with E-state index < -0.39 is 0 Å². The summed E-state index contributed by atoms with van der Waals surface area (Å²) in [6.07, 6.45) is 4.98. The zero-order valence-electron chi connectivity index (χ0n) is 28.6. The average Bonchev–Trinajstić information content (AvgIpc) is 3.35. The van der Waals surface area contributed by atoms with Crippen molar-refractivity contribution in [2.24, 2.45) is 5.92 Å². The highest BCUT2D eigenvalue weighted by atomic mass is 15.3. The monoisotopic (exact) mass is 631 g/mol. The highest BCUT2D eigenvalue weighted by Crippen LogP contribution is 2.62. The van der Waals surface area contributed by atoms with Gasteiger partial charge in [0.25, 0.3) is 0 Å². The molecular weight excluding hydrogens is 591 g/mol. The van der Waals surface area contributed by atoms with Gasteiger partial charge in [0.05, 0.1) is 5.54 Å². The minimum absolute atomic E-state index is 0.0294. The molecule has 8 aromatic carbocycles. The summed E-state index contributed by atoms with van der Waals surface area (Å²) in [5.41, 5.74) is 9.54. The number of anilines is 2. The second kappa shape index (κ2) is 10.4. The minimum Gasteiger partial charge on any atom is -0.334 e. The molecule has 8 aromatic rings. The van der Waals surface area contributed by atoms with Gasteiger partial charge in [-0.05, 0) is 127 Å². The topological polar surface area (TPSA) is 3.24 Å². The van der Waals surface area contributed by atoms with E-state index in [0.717, 1.165) is 5.92 Å². The van der Waals surface area contributed by atoms with E-state index in [-0.39, 0.29) is 11.0 Å². The van der Waals surface area contributed by atoms with Crippen molar-refractivity contribution in [3.8, 4) is 22.3 Å². The van der Waals surface area contributed by atoms with E-state index in [4.69, 9.17) is 0 Å². The predicted molar refractivity (Wildman–Crippen MR) is 210 cm³/mol. The molecule has 1 nitrogen and oxygen atoms in total. The van der Waals surface area contributed by atoms with E-state index in [0.29, 0.717) is 0 Å². The maximum atomic E-state index is 2.69. The molecule has 238 valence electrons. The molecule has 1 aliphatic heterocycles. The van der Waals surface area contributed by atoms with Gasteiger partial charge in [-0.3, -0.25) is 0 Å². The molecule has 1 heteroatoms. The van der Waals surface area contributed by atoms with E-state index >= 15 is 0 Å². The fraction of sp³-hybridized carbons (Fsp3) is 0.208. The summed E-state index contributed by atoms with van der Waals surface area (Å²) in [6, 6.07) is 52.8. The standard InChI is InChI=1S/C48H41N/c1-4-31-27-28-48(3)47(2,30-31)43-29-35(21-26-44(43)49(48)36-13-6-5-7-14-36)38-22-17-33-20-25-42-40(23-18-34-19-24-41(38)45(33)46(34)42)39-16-10-12-32-11-8-9-15-37(32)39/h5-26,29,31H,4,27-28,30H2,1-3H3. The zero-order chi connectivity index (χ0) is 32.9. The fourth-order valence-corrected chi connectivity index (χ4v) is 10.1. The first-order valence-electron chi connectivity index (χ1n) is 18.2. The second-order valence-corrected chi connectivity index (χ2v) is 15.2. The van der Waals surface area contributed by atoms with Gasteiger partial charge in [-0.15, -0.1) is 0 Å². The largest absolute Gasteiger partial charge is 0.334 e. The maximum Gasteiger partial charge on any atom is 0.0518 e. The van der Waals surface area contributed by atoms with Crippen molar-refractivity contribution in [2.75, 3.05) is 4.90 Å². The average molecular weight is 632 g/mol. The lowest BCUT2D eigenvalue weighted by molar-refractivity contribution is 0.143. The smallest absolute Gasteiger partial charge is 0.0518 e. The lowest BCUT2D eigenvalue weighted by Crippen LogP contribution is -2.56. The van der Waals surface area contributed by atoms with Crippen molar-refractivity contribution in [1.82, 2.24) is 0 Å². The third kappa shape index (κ3) is 3.93. The lowest BCUT2D eigenvalue weighted by atomic mass is 9.58. The third-order valence-electron chi connectivity index (χ3n) is 12.9. The van der Waals surface area contributed by atoms with Gasteiger partial charge >= 0.3 is 0 Å². The first-order valence-corrected chi connectivity index (χ1v) is 18.2. The van der Waals surface area contributed by atoms with Crippen LogP contribution in [-0.2, 0) is 5.41 Å². The van der Waals surface area contributed by atoms with Gasteiger partial charge in [-0.1, -0.05) is 136 Å². The van der Waals surface area contributed by atoms with Crippen LogP contribution in [0.25, 0.3) is 65.3 Å². The van der Waals surface area contributed by atoms with Crippen LogP contribution in [0.2, 0.25) is 0 Å². The van der Waals surface area contributed by atoms with E-state index in [9.17, 15) is 0 Å². The lowest BCUT2D eigenvalue weighted by Gasteiger charge is -2.52. The number of para-hydroxylation sites is 1. The van der Waals surface area contributed by atoms with E-state index in [1.807, 2.05) is 0 Å². The summed E-state index contributed by atoms with van der Waals surface area (Å²) in [6.45, 7) is 7.49. The van der Waals surface area contributed by atoms with Gasteiger partial charge < -0.3 is 4.90 Å². The number of nitrogens with zero attached hydrogens (tertiary/aromatic N) is 1. The number of fused-ring (bicyclic) bond motifs is 4. The molecule has 49 heavy (non-hydrogen) atoms. The molecule has 1 aliphatic carbocycles. The second-order valence-electron chi connectivity index (χ2n) is 15.2. The molecule has 0 spiro atoms. The molecule has 10 rings (SSSR count). The van der Waals surface area contributed by atoms with Crippen LogP contribution >= 0.6 is 0 Å². The minimum atomic E-state index is 0.0294. The normalized spacial score (nSPS) is 21.9. The van der Waals surface area contributed by atoms with Crippen LogP contribution in [0, 0.1) is 5.92 Å². The molecule has 3 unspecified atom stereocenters. The molecule has 0 N–H and O–H groups in total.